The van der Waals surface area contributed by atoms with Crippen LogP contribution in [0.5, 0.6) is 0 Å². The van der Waals surface area contributed by atoms with E-state index in [4.69, 9.17) is 12.2 Å². The Balaban J connectivity index is 1.67. The summed E-state index contributed by atoms with van der Waals surface area (Å²) in [6, 6.07) is 21.1. The van der Waals surface area contributed by atoms with Gasteiger partial charge in [0.05, 0.1) is 6.04 Å². The summed E-state index contributed by atoms with van der Waals surface area (Å²) in [6.07, 6.45) is 2.90. The van der Waals surface area contributed by atoms with E-state index in [1.165, 1.54) is 11.1 Å². The summed E-state index contributed by atoms with van der Waals surface area (Å²) in [5.41, 5.74) is 2.53. The third kappa shape index (κ3) is 3.70. The highest BCUT2D eigenvalue weighted by Crippen LogP contribution is 2.22. The zero-order valence-electron chi connectivity index (χ0n) is 11.8. The standard InChI is InChI=1S/C18H18N2S/c21-16-11-17(15-9-5-2-6-10-15)20-18(12-16)19-13-14-7-3-1-4-8-14/h1-10,12,17,19-20H,11,13H2. The molecule has 0 radical (unpaired) electrons. The molecule has 0 fully saturated rings. The van der Waals surface area contributed by atoms with E-state index in [0.717, 1.165) is 23.7 Å². The van der Waals surface area contributed by atoms with Gasteiger partial charge in [0.2, 0.25) is 0 Å². The summed E-state index contributed by atoms with van der Waals surface area (Å²) in [5.74, 6) is 1.00. The number of hydrogen-bond acceptors (Lipinski definition) is 3. The molecule has 0 aliphatic carbocycles. The molecule has 0 saturated heterocycles. The van der Waals surface area contributed by atoms with Gasteiger partial charge < -0.3 is 10.6 Å². The molecule has 0 bridgehead atoms. The smallest absolute Gasteiger partial charge is 0.100 e. The Hall–Kier alpha value is -2.13. The van der Waals surface area contributed by atoms with Crippen molar-refractivity contribution in [2.45, 2.75) is 19.0 Å². The predicted molar refractivity (Wildman–Crippen MR) is 90.9 cm³/mol. The van der Waals surface area contributed by atoms with Crippen LogP contribution >= 0.6 is 12.2 Å². The third-order valence-corrected chi connectivity index (χ3v) is 3.85. The van der Waals surface area contributed by atoms with Gasteiger partial charge in [0, 0.05) is 17.8 Å². The lowest BCUT2D eigenvalue weighted by atomic mass is 9.99. The van der Waals surface area contributed by atoms with Crippen molar-refractivity contribution >= 4 is 17.1 Å². The molecular formula is C18H18N2S. The quantitative estimate of drug-likeness (QED) is 0.840. The van der Waals surface area contributed by atoms with Crippen LogP contribution in [-0.4, -0.2) is 4.86 Å². The Labute approximate surface area is 130 Å². The molecule has 1 aliphatic heterocycles. The Morgan fingerprint density at radius 3 is 2.38 bits per heavy atom. The highest BCUT2D eigenvalue weighted by atomic mass is 32.1. The summed E-state index contributed by atoms with van der Waals surface area (Å²) >= 11 is 5.43. The molecule has 2 aromatic rings. The fourth-order valence-electron chi connectivity index (χ4n) is 2.48. The van der Waals surface area contributed by atoms with Crippen molar-refractivity contribution in [2.24, 2.45) is 0 Å². The van der Waals surface area contributed by atoms with Gasteiger partial charge >= 0.3 is 0 Å². The van der Waals surface area contributed by atoms with E-state index in [9.17, 15) is 0 Å². The summed E-state index contributed by atoms with van der Waals surface area (Å²) < 4.78 is 0. The Kier molecular flexibility index (Phi) is 4.31. The highest BCUT2D eigenvalue weighted by Gasteiger charge is 2.18. The van der Waals surface area contributed by atoms with Gasteiger partial charge in [-0.15, -0.1) is 0 Å². The van der Waals surface area contributed by atoms with E-state index in [-0.39, 0.29) is 6.04 Å². The first-order valence-corrected chi connectivity index (χ1v) is 7.56. The molecule has 21 heavy (non-hydrogen) atoms. The summed E-state index contributed by atoms with van der Waals surface area (Å²) in [6.45, 7) is 0.795. The van der Waals surface area contributed by atoms with Gasteiger partial charge in [-0.3, -0.25) is 0 Å². The molecule has 1 unspecified atom stereocenters. The van der Waals surface area contributed by atoms with Crippen LogP contribution in [0.1, 0.15) is 23.6 Å². The monoisotopic (exact) mass is 294 g/mol. The molecule has 0 aromatic heterocycles. The van der Waals surface area contributed by atoms with Crippen LogP contribution < -0.4 is 10.6 Å². The lowest BCUT2D eigenvalue weighted by Crippen LogP contribution is -2.34. The average Bonchev–Trinajstić information content (AvgIpc) is 2.54. The van der Waals surface area contributed by atoms with Gasteiger partial charge in [-0.05, 0) is 17.2 Å². The molecule has 1 heterocycles. The molecule has 0 amide bonds. The van der Waals surface area contributed by atoms with Gasteiger partial charge in [0.15, 0.2) is 0 Å². The minimum Gasteiger partial charge on any atom is -0.368 e. The van der Waals surface area contributed by atoms with Gasteiger partial charge in [-0.1, -0.05) is 72.9 Å². The molecule has 0 spiro atoms. The maximum atomic E-state index is 5.43. The molecule has 1 aliphatic rings. The normalized spacial score (nSPS) is 17.8. The maximum Gasteiger partial charge on any atom is 0.100 e. The summed E-state index contributed by atoms with van der Waals surface area (Å²) in [7, 11) is 0. The lowest BCUT2D eigenvalue weighted by Gasteiger charge is -2.27. The van der Waals surface area contributed by atoms with Gasteiger partial charge in [0.25, 0.3) is 0 Å². The van der Waals surface area contributed by atoms with Crippen molar-refractivity contribution in [3.05, 3.63) is 83.7 Å². The molecular weight excluding hydrogens is 276 g/mol. The third-order valence-electron chi connectivity index (χ3n) is 3.57. The molecule has 2 N–H and O–H groups in total. The fourth-order valence-corrected chi connectivity index (χ4v) is 2.77. The number of hydrogen-bond donors (Lipinski definition) is 2. The van der Waals surface area contributed by atoms with Crippen LogP contribution in [0.25, 0.3) is 0 Å². The number of nitrogens with one attached hydrogen (secondary N) is 2. The van der Waals surface area contributed by atoms with E-state index in [1.54, 1.807) is 0 Å². The molecule has 0 saturated carbocycles. The SMILES string of the molecule is S=C1C=C(NCc2ccccc2)NC(c2ccccc2)C1. The van der Waals surface area contributed by atoms with Crippen molar-refractivity contribution in [2.75, 3.05) is 0 Å². The maximum absolute atomic E-state index is 5.43. The Bertz CT molecular complexity index is 635. The van der Waals surface area contributed by atoms with Crippen molar-refractivity contribution in [3.63, 3.8) is 0 Å². The highest BCUT2D eigenvalue weighted by molar-refractivity contribution is 7.80. The second-order valence-corrected chi connectivity index (χ2v) is 5.70. The first-order valence-electron chi connectivity index (χ1n) is 7.15. The van der Waals surface area contributed by atoms with E-state index in [0.29, 0.717) is 0 Å². The largest absolute Gasteiger partial charge is 0.368 e. The zero-order chi connectivity index (χ0) is 14.5. The molecule has 3 rings (SSSR count). The van der Waals surface area contributed by atoms with Crippen molar-refractivity contribution in [1.82, 2.24) is 10.6 Å². The minimum absolute atomic E-state index is 0.252. The molecule has 1 atom stereocenters. The van der Waals surface area contributed by atoms with Gasteiger partial charge in [0.1, 0.15) is 5.82 Å². The second kappa shape index (κ2) is 6.55. The second-order valence-electron chi connectivity index (χ2n) is 5.18. The molecule has 2 nitrogen and oxygen atoms in total. The Morgan fingerprint density at radius 2 is 1.67 bits per heavy atom. The van der Waals surface area contributed by atoms with Crippen LogP contribution in [0.3, 0.4) is 0 Å². The van der Waals surface area contributed by atoms with E-state index in [1.807, 2.05) is 18.2 Å². The Morgan fingerprint density at radius 1 is 1.00 bits per heavy atom. The molecule has 106 valence electrons. The van der Waals surface area contributed by atoms with Crippen molar-refractivity contribution in [1.29, 1.82) is 0 Å². The van der Waals surface area contributed by atoms with Crippen molar-refractivity contribution in [3.8, 4) is 0 Å². The molecule has 2 aromatic carbocycles. The average molecular weight is 294 g/mol. The summed E-state index contributed by atoms with van der Waals surface area (Å²) in [4.78, 5) is 0.984. The first-order chi connectivity index (χ1) is 10.3. The predicted octanol–water partition coefficient (Wildman–Crippen LogP) is 3.72. The van der Waals surface area contributed by atoms with Crippen LogP contribution in [0, 0.1) is 0 Å². The van der Waals surface area contributed by atoms with Crippen LogP contribution in [0.2, 0.25) is 0 Å². The first kappa shape index (κ1) is 13.8. The van der Waals surface area contributed by atoms with Crippen LogP contribution in [-0.2, 0) is 6.54 Å². The van der Waals surface area contributed by atoms with E-state index < -0.39 is 0 Å². The van der Waals surface area contributed by atoms with Crippen molar-refractivity contribution < 1.29 is 0 Å². The molecule has 3 heteroatoms. The van der Waals surface area contributed by atoms with E-state index in [2.05, 4.69) is 59.2 Å². The zero-order valence-corrected chi connectivity index (χ0v) is 12.6. The van der Waals surface area contributed by atoms with Gasteiger partial charge in [-0.25, -0.2) is 0 Å². The fraction of sp³-hybridized carbons (Fsp3) is 0.167. The van der Waals surface area contributed by atoms with Gasteiger partial charge in [-0.2, -0.15) is 0 Å². The minimum atomic E-state index is 0.252. The lowest BCUT2D eigenvalue weighted by molar-refractivity contribution is 0.563. The topological polar surface area (TPSA) is 24.1 Å². The van der Waals surface area contributed by atoms with E-state index >= 15 is 0 Å². The number of thiocarbonyl (C=S) groups is 1. The number of allylic oxidation sites excluding steroid dienone is 1. The van der Waals surface area contributed by atoms with Crippen LogP contribution in [0.15, 0.2) is 72.6 Å². The number of benzene rings is 2. The summed E-state index contributed by atoms with van der Waals surface area (Å²) in [5, 5.41) is 6.96. The van der Waals surface area contributed by atoms with Crippen LogP contribution in [0.4, 0.5) is 0 Å². The number of rotatable bonds is 4.